The smallest absolute Gasteiger partial charge is 0.196 e. The first-order valence-corrected chi connectivity index (χ1v) is 6.07. The average molecular weight is 225 g/mol. The number of aromatic nitrogens is 2. The van der Waals surface area contributed by atoms with Crippen LogP contribution in [0.15, 0.2) is 6.20 Å². The number of hydrogen-bond acceptors (Lipinski definition) is 2. The van der Waals surface area contributed by atoms with Crippen molar-refractivity contribution in [3.05, 3.63) is 16.7 Å². The number of nitrogens with zero attached hydrogens (tertiary/aromatic N) is 2. The van der Waals surface area contributed by atoms with Crippen molar-refractivity contribution in [3.8, 4) is 0 Å². The minimum absolute atomic E-state index is 0.579. The molecule has 0 amide bonds. The van der Waals surface area contributed by atoms with Crippen LogP contribution in [0.2, 0.25) is 0 Å². The molecular formula is C11H19N3S. The highest BCUT2D eigenvalue weighted by molar-refractivity contribution is 7.71. The third-order valence-electron chi connectivity index (χ3n) is 3.31. The van der Waals surface area contributed by atoms with Gasteiger partial charge < -0.3 is 9.99 Å². The van der Waals surface area contributed by atoms with E-state index in [4.69, 9.17) is 12.2 Å². The topological polar surface area (TPSA) is 24.0 Å². The van der Waals surface area contributed by atoms with Crippen LogP contribution in [0.1, 0.15) is 38.8 Å². The molecule has 1 fully saturated rings. The quantitative estimate of drug-likeness (QED) is 0.743. The van der Waals surface area contributed by atoms with Gasteiger partial charge in [0.1, 0.15) is 0 Å². The Balaban J connectivity index is 2.39. The molecule has 2 unspecified atom stereocenters. The van der Waals surface area contributed by atoms with Crippen molar-refractivity contribution in [2.24, 2.45) is 0 Å². The standard InChI is InChI=1S/C11H19N3S/c1-8-5-4-6-9(2)13(8)14-10(3)7-12-11(14)15/h7-9H,4-6H2,1-3H3,(H,12,15). The van der Waals surface area contributed by atoms with Crippen LogP contribution < -0.4 is 5.01 Å². The fraction of sp³-hybridized carbons (Fsp3) is 0.727. The Morgan fingerprint density at radius 1 is 1.33 bits per heavy atom. The summed E-state index contributed by atoms with van der Waals surface area (Å²) in [5.74, 6) is 0. The van der Waals surface area contributed by atoms with E-state index in [1.165, 1.54) is 25.0 Å². The zero-order valence-electron chi connectivity index (χ0n) is 9.66. The van der Waals surface area contributed by atoms with Crippen LogP contribution >= 0.6 is 12.2 Å². The predicted octanol–water partition coefficient (Wildman–Crippen LogP) is 2.75. The lowest BCUT2D eigenvalue weighted by atomic mass is 10.00. The molecule has 2 atom stereocenters. The van der Waals surface area contributed by atoms with Crippen molar-refractivity contribution in [3.63, 3.8) is 0 Å². The predicted molar refractivity (Wildman–Crippen MR) is 65.3 cm³/mol. The molecule has 0 aromatic carbocycles. The van der Waals surface area contributed by atoms with Gasteiger partial charge in [-0.25, -0.2) is 4.68 Å². The number of hydrogen-bond donors (Lipinski definition) is 1. The Labute approximate surface area is 96.1 Å². The number of aromatic amines is 1. The molecule has 3 nitrogen and oxygen atoms in total. The third-order valence-corrected chi connectivity index (χ3v) is 3.60. The van der Waals surface area contributed by atoms with E-state index in [1.54, 1.807) is 0 Å². The van der Waals surface area contributed by atoms with Crippen LogP contribution in [0.3, 0.4) is 0 Å². The summed E-state index contributed by atoms with van der Waals surface area (Å²) in [6.45, 7) is 6.66. The lowest BCUT2D eigenvalue weighted by molar-refractivity contribution is 0.331. The van der Waals surface area contributed by atoms with E-state index < -0.39 is 0 Å². The third kappa shape index (κ3) is 1.83. The zero-order chi connectivity index (χ0) is 11.0. The molecule has 1 aromatic rings. The van der Waals surface area contributed by atoms with Gasteiger partial charge >= 0.3 is 0 Å². The summed E-state index contributed by atoms with van der Waals surface area (Å²) in [4.78, 5) is 3.11. The first-order valence-electron chi connectivity index (χ1n) is 5.67. The Bertz CT molecular complexity index is 383. The van der Waals surface area contributed by atoms with Crippen molar-refractivity contribution >= 4 is 12.2 Å². The molecule has 1 aromatic heterocycles. The average Bonchev–Trinajstić information content (AvgIpc) is 2.49. The molecule has 0 bridgehead atoms. The number of nitrogens with one attached hydrogen (secondary N) is 1. The Morgan fingerprint density at radius 2 is 1.93 bits per heavy atom. The van der Waals surface area contributed by atoms with Gasteiger partial charge in [-0.05, 0) is 52.3 Å². The fourth-order valence-corrected chi connectivity index (χ4v) is 2.83. The molecule has 1 aliphatic rings. The zero-order valence-corrected chi connectivity index (χ0v) is 10.5. The minimum Gasteiger partial charge on any atom is -0.336 e. The van der Waals surface area contributed by atoms with Crippen LogP contribution in [-0.2, 0) is 0 Å². The largest absolute Gasteiger partial charge is 0.336 e. The van der Waals surface area contributed by atoms with Gasteiger partial charge in [-0.3, -0.25) is 0 Å². The second-order valence-electron chi connectivity index (χ2n) is 4.56. The molecule has 0 spiro atoms. The highest BCUT2D eigenvalue weighted by atomic mass is 32.1. The molecule has 1 saturated heterocycles. The number of piperidine rings is 1. The Kier molecular flexibility index (Phi) is 2.87. The molecule has 0 radical (unpaired) electrons. The molecule has 84 valence electrons. The lowest BCUT2D eigenvalue weighted by Crippen LogP contribution is -2.51. The highest BCUT2D eigenvalue weighted by Gasteiger charge is 2.26. The van der Waals surface area contributed by atoms with Crippen LogP contribution in [-0.4, -0.2) is 21.7 Å². The van der Waals surface area contributed by atoms with E-state index in [-0.39, 0.29) is 0 Å². The summed E-state index contributed by atoms with van der Waals surface area (Å²) >= 11 is 5.33. The van der Waals surface area contributed by atoms with Gasteiger partial charge in [0.15, 0.2) is 4.77 Å². The summed E-state index contributed by atoms with van der Waals surface area (Å²) in [6.07, 6.45) is 5.83. The number of imidazole rings is 1. The second-order valence-corrected chi connectivity index (χ2v) is 4.94. The second kappa shape index (κ2) is 4.00. The van der Waals surface area contributed by atoms with Gasteiger partial charge in [0, 0.05) is 18.3 Å². The van der Waals surface area contributed by atoms with Crippen molar-refractivity contribution in [2.45, 2.75) is 52.1 Å². The molecule has 1 N–H and O–H groups in total. The van der Waals surface area contributed by atoms with Gasteiger partial charge in [-0.15, -0.1) is 0 Å². The molecule has 0 saturated carbocycles. The molecule has 0 aliphatic carbocycles. The molecule has 2 heterocycles. The maximum Gasteiger partial charge on any atom is 0.196 e. The molecule has 4 heteroatoms. The summed E-state index contributed by atoms with van der Waals surface area (Å²) in [7, 11) is 0. The van der Waals surface area contributed by atoms with Gasteiger partial charge in [0.2, 0.25) is 0 Å². The number of H-pyrrole nitrogens is 1. The van der Waals surface area contributed by atoms with Crippen molar-refractivity contribution < 1.29 is 0 Å². The van der Waals surface area contributed by atoms with E-state index in [2.05, 4.69) is 35.4 Å². The maximum absolute atomic E-state index is 5.33. The molecule has 15 heavy (non-hydrogen) atoms. The van der Waals surface area contributed by atoms with Crippen molar-refractivity contribution in [1.29, 1.82) is 0 Å². The van der Waals surface area contributed by atoms with Crippen LogP contribution in [0.5, 0.6) is 0 Å². The van der Waals surface area contributed by atoms with E-state index in [0.717, 1.165) is 4.77 Å². The summed E-state index contributed by atoms with van der Waals surface area (Å²) in [6, 6.07) is 1.16. The summed E-state index contributed by atoms with van der Waals surface area (Å²) in [5.41, 5.74) is 1.20. The minimum atomic E-state index is 0.579. The van der Waals surface area contributed by atoms with E-state index in [0.29, 0.717) is 12.1 Å². The van der Waals surface area contributed by atoms with Gasteiger partial charge in [-0.1, -0.05) is 0 Å². The van der Waals surface area contributed by atoms with Crippen LogP contribution in [0, 0.1) is 11.7 Å². The highest BCUT2D eigenvalue weighted by Crippen LogP contribution is 2.22. The number of aryl methyl sites for hydroxylation is 1. The van der Waals surface area contributed by atoms with Gasteiger partial charge in [0.25, 0.3) is 0 Å². The summed E-state index contributed by atoms with van der Waals surface area (Å²) < 4.78 is 2.97. The van der Waals surface area contributed by atoms with Crippen LogP contribution in [0.4, 0.5) is 0 Å². The lowest BCUT2D eigenvalue weighted by Gasteiger charge is -2.41. The summed E-state index contributed by atoms with van der Waals surface area (Å²) in [5, 5.41) is 2.41. The van der Waals surface area contributed by atoms with Crippen molar-refractivity contribution in [2.75, 3.05) is 5.01 Å². The van der Waals surface area contributed by atoms with E-state index in [9.17, 15) is 0 Å². The Morgan fingerprint density at radius 3 is 2.40 bits per heavy atom. The van der Waals surface area contributed by atoms with E-state index >= 15 is 0 Å². The monoisotopic (exact) mass is 225 g/mol. The SMILES string of the molecule is Cc1c[nH]c(=S)n1N1C(C)CCCC1C. The maximum atomic E-state index is 5.33. The van der Waals surface area contributed by atoms with Crippen molar-refractivity contribution in [1.82, 2.24) is 9.66 Å². The number of rotatable bonds is 1. The van der Waals surface area contributed by atoms with E-state index in [1.807, 2.05) is 6.20 Å². The molecule has 2 rings (SSSR count). The van der Waals surface area contributed by atoms with Crippen LogP contribution in [0.25, 0.3) is 0 Å². The van der Waals surface area contributed by atoms with Gasteiger partial charge in [0.05, 0.1) is 5.69 Å². The molecule has 1 aliphatic heterocycles. The first-order chi connectivity index (χ1) is 7.11. The van der Waals surface area contributed by atoms with Gasteiger partial charge in [-0.2, -0.15) is 0 Å². The Hall–Kier alpha value is -0.770. The first kappa shape index (κ1) is 10.7. The normalized spacial score (nSPS) is 27.0. The fourth-order valence-electron chi connectivity index (χ4n) is 2.54. The molecular weight excluding hydrogens is 206 g/mol.